The molecule has 0 radical (unpaired) electrons. The zero-order valence-corrected chi connectivity index (χ0v) is 14.3. The Balaban J connectivity index is 0.00000192. The molecule has 0 spiro atoms. The van der Waals surface area contributed by atoms with Crippen LogP contribution in [-0.4, -0.2) is 40.9 Å². The van der Waals surface area contributed by atoms with E-state index in [2.05, 4.69) is 5.32 Å². The van der Waals surface area contributed by atoms with Crippen LogP contribution in [0.3, 0.4) is 0 Å². The van der Waals surface area contributed by atoms with E-state index < -0.39 is 4.92 Å². The van der Waals surface area contributed by atoms with Gasteiger partial charge in [-0.25, -0.2) is 0 Å². The summed E-state index contributed by atoms with van der Waals surface area (Å²) in [5, 5.41) is 14.9. The van der Waals surface area contributed by atoms with Gasteiger partial charge in [0.25, 0.3) is 11.6 Å². The Bertz CT molecular complexity index is 614. The molecule has 8 heteroatoms. The predicted octanol–water partition coefficient (Wildman–Crippen LogP) is 3.03. The number of nitro benzene ring substituents is 1. The molecule has 1 aromatic rings. The standard InChI is InChI=1S/C15H18ClN3O3.ClH/c1-18(12-7-10-3-4-11(8-12)17-10)15(20)13-5-2-9(16)6-14(13)19(21)22;/h2,5-6,10-12,17H,3-4,7-8H2,1H3;1H. The molecule has 2 heterocycles. The monoisotopic (exact) mass is 359 g/mol. The molecule has 2 aliphatic heterocycles. The van der Waals surface area contributed by atoms with E-state index in [0.29, 0.717) is 12.1 Å². The first-order valence-corrected chi connectivity index (χ1v) is 7.80. The number of nitrogens with zero attached hydrogens (tertiary/aromatic N) is 2. The fraction of sp³-hybridized carbons (Fsp3) is 0.533. The van der Waals surface area contributed by atoms with E-state index >= 15 is 0 Å². The van der Waals surface area contributed by atoms with Gasteiger partial charge in [-0.3, -0.25) is 14.9 Å². The van der Waals surface area contributed by atoms with Gasteiger partial charge in [-0.1, -0.05) is 11.6 Å². The SMILES string of the molecule is CN(C(=O)c1ccc(Cl)cc1[N+](=O)[O-])C1CC2CCC(C1)N2.Cl. The Kier molecular flexibility index (Phi) is 5.49. The lowest BCUT2D eigenvalue weighted by Crippen LogP contribution is -2.48. The van der Waals surface area contributed by atoms with Gasteiger partial charge in [0, 0.05) is 36.3 Å². The lowest BCUT2D eigenvalue weighted by Gasteiger charge is -2.35. The number of carbonyl (C=O) groups is 1. The normalized spacial score (nSPS) is 25.6. The van der Waals surface area contributed by atoms with Crippen molar-refractivity contribution in [1.82, 2.24) is 10.2 Å². The van der Waals surface area contributed by atoms with Gasteiger partial charge in [0.2, 0.25) is 0 Å². The minimum absolute atomic E-state index is 0. The summed E-state index contributed by atoms with van der Waals surface area (Å²) in [4.78, 5) is 24.9. The second kappa shape index (κ2) is 7.03. The highest BCUT2D eigenvalue weighted by Gasteiger charge is 2.37. The number of carbonyl (C=O) groups excluding carboxylic acids is 1. The van der Waals surface area contributed by atoms with Gasteiger partial charge in [0.15, 0.2) is 0 Å². The van der Waals surface area contributed by atoms with E-state index in [9.17, 15) is 14.9 Å². The maximum Gasteiger partial charge on any atom is 0.283 e. The van der Waals surface area contributed by atoms with Crippen LogP contribution in [0.1, 0.15) is 36.0 Å². The Morgan fingerprint density at radius 1 is 1.35 bits per heavy atom. The van der Waals surface area contributed by atoms with Crippen LogP contribution in [0.2, 0.25) is 5.02 Å². The molecule has 6 nitrogen and oxygen atoms in total. The number of rotatable bonds is 3. The summed E-state index contributed by atoms with van der Waals surface area (Å²) in [6, 6.07) is 5.23. The van der Waals surface area contributed by atoms with Crippen LogP contribution in [0.15, 0.2) is 18.2 Å². The van der Waals surface area contributed by atoms with Crippen LogP contribution in [-0.2, 0) is 0 Å². The number of hydrogen-bond acceptors (Lipinski definition) is 4. The molecular formula is C15H19Cl2N3O3. The second-order valence-electron chi connectivity index (χ2n) is 6.10. The Morgan fingerprint density at radius 3 is 2.52 bits per heavy atom. The first kappa shape index (κ1) is 18.0. The first-order valence-electron chi connectivity index (χ1n) is 7.43. The van der Waals surface area contributed by atoms with Crippen molar-refractivity contribution in [3.63, 3.8) is 0 Å². The highest BCUT2D eigenvalue weighted by molar-refractivity contribution is 6.31. The molecule has 2 fully saturated rings. The summed E-state index contributed by atoms with van der Waals surface area (Å²) in [5.41, 5.74) is -0.135. The van der Waals surface area contributed by atoms with Crippen molar-refractivity contribution in [2.45, 2.75) is 43.8 Å². The average molecular weight is 360 g/mol. The van der Waals surface area contributed by atoms with Gasteiger partial charge in [-0.05, 0) is 37.8 Å². The maximum atomic E-state index is 12.7. The number of benzene rings is 1. The van der Waals surface area contributed by atoms with E-state index in [1.807, 2.05) is 0 Å². The molecule has 0 saturated carbocycles. The second-order valence-corrected chi connectivity index (χ2v) is 6.53. The number of amides is 1. The molecule has 2 saturated heterocycles. The summed E-state index contributed by atoms with van der Waals surface area (Å²) >= 11 is 5.80. The van der Waals surface area contributed by atoms with Gasteiger partial charge in [0.05, 0.1) is 4.92 Å². The summed E-state index contributed by atoms with van der Waals surface area (Å²) in [6.45, 7) is 0. The lowest BCUT2D eigenvalue weighted by molar-refractivity contribution is -0.385. The predicted molar refractivity (Wildman–Crippen MR) is 90.4 cm³/mol. The molecule has 1 N–H and O–H groups in total. The van der Waals surface area contributed by atoms with Crippen molar-refractivity contribution < 1.29 is 9.72 Å². The number of nitrogens with one attached hydrogen (secondary N) is 1. The van der Waals surface area contributed by atoms with Gasteiger partial charge in [0.1, 0.15) is 5.56 Å². The van der Waals surface area contributed by atoms with E-state index in [-0.39, 0.29) is 40.6 Å². The summed E-state index contributed by atoms with van der Waals surface area (Å²) < 4.78 is 0. The summed E-state index contributed by atoms with van der Waals surface area (Å²) in [7, 11) is 1.73. The maximum absolute atomic E-state index is 12.7. The van der Waals surface area contributed by atoms with Crippen LogP contribution in [0.4, 0.5) is 5.69 Å². The fourth-order valence-corrected chi connectivity index (χ4v) is 3.70. The van der Waals surface area contributed by atoms with E-state index in [1.54, 1.807) is 11.9 Å². The Hall–Kier alpha value is -1.37. The van der Waals surface area contributed by atoms with Gasteiger partial charge >= 0.3 is 0 Å². The molecule has 1 aromatic carbocycles. The highest BCUT2D eigenvalue weighted by Crippen LogP contribution is 2.31. The minimum atomic E-state index is -0.556. The zero-order chi connectivity index (χ0) is 15.9. The van der Waals surface area contributed by atoms with E-state index in [4.69, 9.17) is 11.6 Å². The lowest BCUT2D eigenvalue weighted by atomic mass is 9.97. The Labute approximate surface area is 145 Å². The van der Waals surface area contributed by atoms with Crippen LogP contribution in [0.5, 0.6) is 0 Å². The number of hydrogen-bond donors (Lipinski definition) is 1. The highest BCUT2D eigenvalue weighted by atomic mass is 35.5. The molecule has 1 amide bonds. The van der Waals surface area contributed by atoms with Crippen LogP contribution < -0.4 is 5.32 Å². The molecule has 2 bridgehead atoms. The number of halogens is 2. The largest absolute Gasteiger partial charge is 0.338 e. The smallest absolute Gasteiger partial charge is 0.283 e. The van der Waals surface area contributed by atoms with Crippen molar-refractivity contribution in [3.05, 3.63) is 38.9 Å². The number of piperidine rings is 1. The van der Waals surface area contributed by atoms with Crippen LogP contribution in [0.25, 0.3) is 0 Å². The third-order valence-electron chi connectivity index (χ3n) is 4.70. The van der Waals surface area contributed by atoms with E-state index in [0.717, 1.165) is 25.7 Å². The summed E-state index contributed by atoms with van der Waals surface area (Å²) in [6.07, 6.45) is 4.09. The fourth-order valence-electron chi connectivity index (χ4n) is 3.54. The minimum Gasteiger partial charge on any atom is -0.338 e. The van der Waals surface area contributed by atoms with Crippen molar-refractivity contribution >= 4 is 35.6 Å². The number of nitro groups is 1. The van der Waals surface area contributed by atoms with Crippen LogP contribution >= 0.6 is 24.0 Å². The Morgan fingerprint density at radius 2 is 1.96 bits per heavy atom. The van der Waals surface area contributed by atoms with Gasteiger partial charge in [-0.15, -0.1) is 12.4 Å². The quantitative estimate of drug-likeness (QED) is 0.664. The molecular weight excluding hydrogens is 341 g/mol. The molecule has 3 rings (SSSR count). The zero-order valence-electron chi connectivity index (χ0n) is 12.7. The van der Waals surface area contributed by atoms with Gasteiger partial charge < -0.3 is 10.2 Å². The molecule has 2 aliphatic rings. The van der Waals surface area contributed by atoms with Crippen molar-refractivity contribution in [2.24, 2.45) is 0 Å². The number of fused-ring (bicyclic) bond motifs is 2. The molecule has 126 valence electrons. The molecule has 2 unspecified atom stereocenters. The van der Waals surface area contributed by atoms with Crippen LogP contribution in [0, 0.1) is 10.1 Å². The molecule has 23 heavy (non-hydrogen) atoms. The third kappa shape index (κ3) is 3.59. The molecule has 2 atom stereocenters. The van der Waals surface area contributed by atoms with Crippen molar-refractivity contribution in [3.8, 4) is 0 Å². The van der Waals surface area contributed by atoms with Crippen molar-refractivity contribution in [2.75, 3.05) is 7.05 Å². The third-order valence-corrected chi connectivity index (χ3v) is 4.94. The topological polar surface area (TPSA) is 75.5 Å². The molecule has 0 aliphatic carbocycles. The average Bonchev–Trinajstić information content (AvgIpc) is 2.84. The van der Waals surface area contributed by atoms with E-state index in [1.165, 1.54) is 18.2 Å². The summed E-state index contributed by atoms with van der Waals surface area (Å²) in [5.74, 6) is -0.310. The van der Waals surface area contributed by atoms with Gasteiger partial charge in [-0.2, -0.15) is 0 Å². The first-order chi connectivity index (χ1) is 10.5. The molecule has 0 aromatic heterocycles. The van der Waals surface area contributed by atoms with Crippen molar-refractivity contribution in [1.29, 1.82) is 0 Å².